The highest BCUT2D eigenvalue weighted by molar-refractivity contribution is 7.13. The predicted molar refractivity (Wildman–Crippen MR) is 93.1 cm³/mol. The van der Waals surface area contributed by atoms with Crippen molar-refractivity contribution in [3.8, 4) is 10.7 Å². The minimum absolute atomic E-state index is 0.157. The van der Waals surface area contributed by atoms with E-state index in [-0.39, 0.29) is 18.3 Å². The first-order valence-corrected chi connectivity index (χ1v) is 8.78. The summed E-state index contributed by atoms with van der Waals surface area (Å²) in [7, 11) is 0. The Morgan fingerprint density at radius 1 is 1.32 bits per heavy atom. The summed E-state index contributed by atoms with van der Waals surface area (Å²) in [4.78, 5) is 25.7. The molecule has 1 aliphatic carbocycles. The van der Waals surface area contributed by atoms with Gasteiger partial charge in [0.25, 0.3) is 0 Å². The van der Waals surface area contributed by atoms with Crippen LogP contribution in [0.2, 0.25) is 0 Å². The number of nitrogens with zero attached hydrogens (tertiary/aromatic N) is 3. The summed E-state index contributed by atoms with van der Waals surface area (Å²) in [6, 6.07) is 9.58. The number of aromatic nitrogens is 3. The monoisotopic (exact) mass is 358 g/mol. The average molecular weight is 358 g/mol. The number of amides is 1. The Bertz CT molecular complexity index is 973. The Labute approximate surface area is 146 Å². The molecule has 4 rings (SSSR count). The van der Waals surface area contributed by atoms with Crippen LogP contribution in [-0.4, -0.2) is 20.3 Å². The van der Waals surface area contributed by atoms with Gasteiger partial charge in [-0.1, -0.05) is 12.1 Å². The van der Waals surface area contributed by atoms with Gasteiger partial charge in [-0.2, -0.15) is 0 Å². The fourth-order valence-electron chi connectivity index (χ4n) is 2.66. The van der Waals surface area contributed by atoms with E-state index in [1.54, 1.807) is 10.6 Å². The number of carbonyl (C=O) groups excluding carboxylic acids is 1. The van der Waals surface area contributed by atoms with Gasteiger partial charge in [-0.15, -0.1) is 16.4 Å². The first kappa shape index (κ1) is 15.8. The first-order valence-electron chi connectivity index (χ1n) is 7.90. The van der Waals surface area contributed by atoms with Crippen molar-refractivity contribution in [3.63, 3.8) is 0 Å². The fourth-order valence-corrected chi connectivity index (χ4v) is 3.37. The number of hydrogen-bond acceptors (Lipinski definition) is 4. The number of hydrogen-bond donors (Lipinski definition) is 1. The maximum Gasteiger partial charge on any atom is 0.346 e. The Morgan fingerprint density at radius 3 is 2.84 bits per heavy atom. The highest BCUT2D eigenvalue weighted by atomic mass is 32.1. The van der Waals surface area contributed by atoms with Crippen molar-refractivity contribution in [2.24, 2.45) is 0 Å². The van der Waals surface area contributed by atoms with Crippen LogP contribution in [0.4, 0.5) is 10.1 Å². The van der Waals surface area contributed by atoms with E-state index in [0.29, 0.717) is 11.5 Å². The smallest absolute Gasteiger partial charge is 0.324 e. The molecular weight excluding hydrogens is 343 g/mol. The third kappa shape index (κ3) is 3.25. The topological polar surface area (TPSA) is 68.9 Å². The molecule has 1 fully saturated rings. The molecule has 0 saturated heterocycles. The second kappa shape index (κ2) is 6.29. The van der Waals surface area contributed by atoms with Crippen LogP contribution < -0.4 is 11.0 Å². The van der Waals surface area contributed by atoms with Crippen LogP contribution >= 0.6 is 11.3 Å². The lowest BCUT2D eigenvalue weighted by molar-refractivity contribution is -0.117. The molecule has 6 nitrogen and oxygen atoms in total. The van der Waals surface area contributed by atoms with Gasteiger partial charge >= 0.3 is 5.69 Å². The lowest BCUT2D eigenvalue weighted by Crippen LogP contribution is -2.30. The molecule has 2 heterocycles. The molecule has 8 heteroatoms. The van der Waals surface area contributed by atoms with Crippen LogP contribution in [0.25, 0.3) is 10.7 Å². The minimum Gasteiger partial charge on any atom is -0.324 e. The van der Waals surface area contributed by atoms with Gasteiger partial charge in [0, 0.05) is 11.7 Å². The second-order valence-electron chi connectivity index (χ2n) is 5.90. The molecule has 0 unspecified atom stereocenters. The summed E-state index contributed by atoms with van der Waals surface area (Å²) >= 11 is 1.50. The fraction of sp³-hybridized carbons (Fsp3) is 0.235. The van der Waals surface area contributed by atoms with Gasteiger partial charge in [0.1, 0.15) is 12.4 Å². The van der Waals surface area contributed by atoms with E-state index in [1.165, 1.54) is 34.2 Å². The van der Waals surface area contributed by atoms with Gasteiger partial charge in [0.2, 0.25) is 5.91 Å². The number of rotatable bonds is 5. The highest BCUT2D eigenvalue weighted by Gasteiger charge is 2.31. The van der Waals surface area contributed by atoms with E-state index < -0.39 is 11.7 Å². The van der Waals surface area contributed by atoms with Crippen molar-refractivity contribution < 1.29 is 9.18 Å². The van der Waals surface area contributed by atoms with E-state index in [0.717, 1.165) is 17.7 Å². The summed E-state index contributed by atoms with van der Waals surface area (Å²) in [5.41, 5.74) is 0.0541. The van der Waals surface area contributed by atoms with Crippen molar-refractivity contribution in [1.29, 1.82) is 0 Å². The van der Waals surface area contributed by atoms with Crippen LogP contribution in [-0.2, 0) is 11.3 Å². The summed E-state index contributed by atoms with van der Waals surface area (Å²) in [5, 5.41) is 8.86. The van der Waals surface area contributed by atoms with Crippen LogP contribution in [0.1, 0.15) is 18.9 Å². The molecule has 1 aromatic carbocycles. The molecule has 1 amide bonds. The SMILES string of the molecule is O=C(Cn1nc(-c2cccs2)n(C2CC2)c1=O)Nc1cccc(F)c1. The third-order valence-corrected chi connectivity index (χ3v) is 4.79. The Kier molecular flexibility index (Phi) is 3.96. The minimum atomic E-state index is -0.437. The zero-order valence-electron chi connectivity index (χ0n) is 13.2. The normalized spacial score (nSPS) is 13.8. The summed E-state index contributed by atoms with van der Waals surface area (Å²) in [6.45, 7) is -0.215. The van der Waals surface area contributed by atoms with E-state index in [1.807, 2.05) is 17.5 Å². The largest absolute Gasteiger partial charge is 0.346 e. The van der Waals surface area contributed by atoms with Gasteiger partial charge in [-0.3, -0.25) is 9.36 Å². The predicted octanol–water partition coefficient (Wildman–Crippen LogP) is 2.89. The molecular formula is C17H15FN4O2S. The molecule has 0 spiro atoms. The number of thiophene rings is 1. The number of carbonyl (C=O) groups is 1. The molecule has 1 saturated carbocycles. The van der Waals surface area contributed by atoms with Crippen LogP contribution in [0, 0.1) is 5.82 Å². The lowest BCUT2D eigenvalue weighted by Gasteiger charge is -2.04. The van der Waals surface area contributed by atoms with E-state index in [9.17, 15) is 14.0 Å². The molecule has 3 aromatic rings. The third-order valence-electron chi connectivity index (χ3n) is 3.93. The van der Waals surface area contributed by atoms with Crippen molar-refractivity contribution in [1.82, 2.24) is 14.3 Å². The van der Waals surface area contributed by atoms with Crippen LogP contribution in [0.5, 0.6) is 0 Å². The zero-order chi connectivity index (χ0) is 17.4. The summed E-state index contributed by atoms with van der Waals surface area (Å²) < 4.78 is 16.0. The van der Waals surface area contributed by atoms with Crippen molar-refractivity contribution in [3.05, 3.63) is 58.1 Å². The molecule has 0 aliphatic heterocycles. The standard InChI is InChI=1S/C17H15FN4O2S/c18-11-3-1-4-12(9-11)19-15(23)10-21-17(24)22(13-6-7-13)16(20-21)14-5-2-8-25-14/h1-5,8-9,13H,6-7,10H2,(H,19,23). The number of halogens is 1. The summed E-state index contributed by atoms with van der Waals surface area (Å²) in [5.74, 6) is -0.264. The maximum absolute atomic E-state index is 13.2. The van der Waals surface area contributed by atoms with Gasteiger partial charge in [-0.25, -0.2) is 13.9 Å². The number of nitrogens with one attached hydrogen (secondary N) is 1. The molecule has 0 atom stereocenters. The number of anilines is 1. The molecule has 2 aromatic heterocycles. The van der Waals surface area contributed by atoms with Gasteiger partial charge in [0.15, 0.2) is 5.82 Å². The van der Waals surface area contributed by atoms with Crippen LogP contribution in [0.15, 0.2) is 46.6 Å². The van der Waals surface area contributed by atoms with Gasteiger partial charge < -0.3 is 5.32 Å². The number of benzene rings is 1. The molecule has 0 bridgehead atoms. The lowest BCUT2D eigenvalue weighted by atomic mass is 10.3. The average Bonchev–Trinajstić information content (AvgIpc) is 3.15. The second-order valence-corrected chi connectivity index (χ2v) is 6.85. The van der Waals surface area contributed by atoms with E-state index in [4.69, 9.17) is 0 Å². The van der Waals surface area contributed by atoms with Crippen molar-refractivity contribution in [2.45, 2.75) is 25.4 Å². The molecule has 25 heavy (non-hydrogen) atoms. The molecule has 0 radical (unpaired) electrons. The van der Waals surface area contributed by atoms with Crippen LogP contribution in [0.3, 0.4) is 0 Å². The zero-order valence-corrected chi connectivity index (χ0v) is 14.0. The van der Waals surface area contributed by atoms with Gasteiger partial charge in [-0.05, 0) is 42.5 Å². The molecule has 1 N–H and O–H groups in total. The quantitative estimate of drug-likeness (QED) is 0.762. The summed E-state index contributed by atoms with van der Waals surface area (Å²) in [6.07, 6.45) is 1.89. The van der Waals surface area contributed by atoms with E-state index in [2.05, 4.69) is 10.4 Å². The highest BCUT2D eigenvalue weighted by Crippen LogP contribution is 2.37. The van der Waals surface area contributed by atoms with Crippen molar-refractivity contribution >= 4 is 22.9 Å². The Morgan fingerprint density at radius 2 is 2.16 bits per heavy atom. The first-order chi connectivity index (χ1) is 12.1. The Balaban J connectivity index is 1.59. The van der Waals surface area contributed by atoms with Crippen molar-refractivity contribution in [2.75, 3.05) is 5.32 Å². The Hall–Kier alpha value is -2.74. The molecule has 1 aliphatic rings. The van der Waals surface area contributed by atoms with E-state index >= 15 is 0 Å². The van der Waals surface area contributed by atoms with Gasteiger partial charge in [0.05, 0.1) is 4.88 Å². The maximum atomic E-state index is 13.2. The molecule has 128 valence electrons.